The molecule has 3 atom stereocenters. The van der Waals surface area contributed by atoms with Crippen LogP contribution < -0.4 is 16.4 Å². The Morgan fingerprint density at radius 3 is 1.79 bits per heavy atom. The summed E-state index contributed by atoms with van der Waals surface area (Å²) in [5, 5.41) is 17.3. The molecule has 0 saturated heterocycles. The second kappa shape index (κ2) is 19.9. The first-order valence-electron chi connectivity index (χ1n) is 16.9. The van der Waals surface area contributed by atoms with E-state index in [0.717, 1.165) is 68.1 Å². The zero-order valence-corrected chi connectivity index (χ0v) is 27.4. The van der Waals surface area contributed by atoms with Gasteiger partial charge in [-0.05, 0) is 87.8 Å². The molecule has 2 fully saturated rings. The minimum Gasteiger partial charge on any atom is -0.446 e. The van der Waals surface area contributed by atoms with Gasteiger partial charge in [0.15, 0.2) is 0 Å². The van der Waals surface area contributed by atoms with Gasteiger partial charge in [-0.25, -0.2) is 14.4 Å². The van der Waals surface area contributed by atoms with Crippen LogP contribution in [0.3, 0.4) is 0 Å². The van der Waals surface area contributed by atoms with Crippen molar-refractivity contribution in [2.45, 2.75) is 108 Å². The number of benzene rings is 2. The van der Waals surface area contributed by atoms with Gasteiger partial charge in [-0.1, -0.05) is 66.7 Å². The predicted molar refractivity (Wildman–Crippen MR) is 181 cm³/mol. The lowest BCUT2D eigenvalue weighted by Gasteiger charge is -2.29. The van der Waals surface area contributed by atoms with E-state index >= 15 is 0 Å². The van der Waals surface area contributed by atoms with E-state index in [9.17, 15) is 19.5 Å². The number of aromatic nitrogens is 1. The fourth-order valence-corrected chi connectivity index (χ4v) is 6.04. The molecule has 2 aromatic carbocycles. The number of nitrogens with one attached hydrogen (secondary N) is 2. The number of carbonyl (C=O) groups excluding carboxylic acids is 3. The van der Waals surface area contributed by atoms with E-state index in [1.807, 2.05) is 60.7 Å². The largest absolute Gasteiger partial charge is 0.446 e. The normalized spacial score (nSPS) is 16.4. The maximum Gasteiger partial charge on any atom is 0.407 e. The second-order valence-electron chi connectivity index (χ2n) is 12.4. The Balaban J connectivity index is 0.000000401. The molecule has 0 radical (unpaired) electrons. The van der Waals surface area contributed by atoms with Gasteiger partial charge in [-0.2, -0.15) is 0 Å². The summed E-state index contributed by atoms with van der Waals surface area (Å²) in [6.07, 6.45) is 9.62. The lowest BCUT2D eigenvalue weighted by molar-refractivity contribution is 0.0694. The molecule has 3 amide bonds. The van der Waals surface area contributed by atoms with E-state index in [0.29, 0.717) is 12.8 Å². The van der Waals surface area contributed by atoms with E-state index in [4.69, 9.17) is 15.2 Å². The number of primary amides is 1. The maximum atomic E-state index is 12.7. The number of carbonyl (C=O) groups is 3. The molecule has 0 bridgehead atoms. The number of aliphatic hydroxyl groups is 1. The summed E-state index contributed by atoms with van der Waals surface area (Å²) in [5.74, 6) is 0. The van der Waals surface area contributed by atoms with Crippen molar-refractivity contribution >= 4 is 18.3 Å². The van der Waals surface area contributed by atoms with Gasteiger partial charge < -0.3 is 35.7 Å². The van der Waals surface area contributed by atoms with Crippen LogP contribution in [0.15, 0.2) is 85.2 Å². The van der Waals surface area contributed by atoms with Gasteiger partial charge in [0, 0.05) is 24.0 Å². The minimum absolute atomic E-state index is 0.0415. The molecule has 258 valence electrons. The molecule has 11 heteroatoms. The van der Waals surface area contributed by atoms with Gasteiger partial charge in [0.2, 0.25) is 0 Å². The first kappa shape index (κ1) is 36.2. The second-order valence-corrected chi connectivity index (χ2v) is 12.4. The van der Waals surface area contributed by atoms with Crippen molar-refractivity contribution < 1.29 is 33.7 Å². The zero-order chi connectivity index (χ0) is 34.0. The fourth-order valence-electron chi connectivity index (χ4n) is 6.04. The summed E-state index contributed by atoms with van der Waals surface area (Å²) in [5.41, 5.74) is 7.63. The number of hydrogen-bond donors (Lipinski definition) is 4. The Labute approximate surface area is 282 Å². The number of ether oxygens (including phenoxy) is 3. The van der Waals surface area contributed by atoms with E-state index in [1.54, 1.807) is 24.5 Å². The number of nitrogens with two attached hydrogens (primary N) is 1. The molecule has 1 aromatic heterocycles. The highest BCUT2D eigenvalue weighted by molar-refractivity contribution is 5.68. The van der Waals surface area contributed by atoms with Crippen LogP contribution in [0.4, 0.5) is 14.4 Å². The number of hydrogen-bond acceptors (Lipinski definition) is 8. The molecule has 11 nitrogen and oxygen atoms in total. The van der Waals surface area contributed by atoms with Crippen LogP contribution in [-0.2, 0) is 33.7 Å². The van der Waals surface area contributed by atoms with Gasteiger partial charge in [0.25, 0.3) is 0 Å². The Morgan fingerprint density at radius 2 is 1.27 bits per heavy atom. The molecule has 2 aliphatic carbocycles. The lowest BCUT2D eigenvalue weighted by atomic mass is 9.94. The van der Waals surface area contributed by atoms with Gasteiger partial charge >= 0.3 is 18.3 Å². The maximum absolute atomic E-state index is 12.7. The Hall–Kier alpha value is -4.64. The molecule has 0 unspecified atom stereocenters. The van der Waals surface area contributed by atoms with Crippen LogP contribution in [0.25, 0.3) is 0 Å². The van der Waals surface area contributed by atoms with E-state index in [1.165, 1.54) is 0 Å². The number of alkyl carbamates (subject to hydrolysis) is 2. The molecule has 0 aliphatic heterocycles. The van der Waals surface area contributed by atoms with E-state index < -0.39 is 30.4 Å². The van der Waals surface area contributed by atoms with Crippen LogP contribution in [-0.4, -0.2) is 58.8 Å². The van der Waals surface area contributed by atoms with Gasteiger partial charge in [-0.3, -0.25) is 4.98 Å². The van der Waals surface area contributed by atoms with Crippen LogP contribution in [0.1, 0.15) is 74.5 Å². The molecule has 0 spiro atoms. The third-order valence-corrected chi connectivity index (χ3v) is 8.49. The number of aliphatic hydroxyl groups excluding tert-OH is 1. The van der Waals surface area contributed by atoms with Crippen LogP contribution in [0.5, 0.6) is 0 Å². The molecule has 2 aliphatic rings. The van der Waals surface area contributed by atoms with Crippen molar-refractivity contribution in [2.24, 2.45) is 5.73 Å². The van der Waals surface area contributed by atoms with E-state index in [2.05, 4.69) is 20.4 Å². The Kier molecular flexibility index (Phi) is 15.0. The summed E-state index contributed by atoms with van der Waals surface area (Å²) in [7, 11) is 0. The molecular formula is C37H48N4O7. The molecule has 3 aromatic rings. The monoisotopic (exact) mass is 660 g/mol. The van der Waals surface area contributed by atoms with Crippen LogP contribution in [0, 0.1) is 0 Å². The molecular weight excluding hydrogens is 612 g/mol. The van der Waals surface area contributed by atoms with Crippen molar-refractivity contribution in [1.29, 1.82) is 0 Å². The van der Waals surface area contributed by atoms with Gasteiger partial charge in [0.1, 0.15) is 18.8 Å². The Morgan fingerprint density at radius 1 is 0.750 bits per heavy atom. The highest BCUT2D eigenvalue weighted by atomic mass is 16.6. The third kappa shape index (κ3) is 13.6. The van der Waals surface area contributed by atoms with Crippen molar-refractivity contribution in [2.75, 3.05) is 0 Å². The van der Waals surface area contributed by atoms with E-state index in [-0.39, 0.29) is 31.3 Å². The van der Waals surface area contributed by atoms with Gasteiger partial charge in [0.05, 0.1) is 12.1 Å². The summed E-state index contributed by atoms with van der Waals surface area (Å²) >= 11 is 0. The molecule has 1 heterocycles. The molecule has 48 heavy (non-hydrogen) atoms. The average Bonchev–Trinajstić information content (AvgIpc) is 3.80. The number of nitrogens with zero attached hydrogens (tertiary/aromatic N) is 1. The number of rotatable bonds is 13. The van der Waals surface area contributed by atoms with Crippen molar-refractivity contribution in [1.82, 2.24) is 15.6 Å². The average molecular weight is 661 g/mol. The lowest BCUT2D eigenvalue weighted by Crippen LogP contribution is -2.49. The van der Waals surface area contributed by atoms with Crippen molar-refractivity contribution in [3.05, 3.63) is 102 Å². The third-order valence-electron chi connectivity index (χ3n) is 8.49. The van der Waals surface area contributed by atoms with Crippen molar-refractivity contribution in [3.8, 4) is 0 Å². The number of amides is 3. The smallest absolute Gasteiger partial charge is 0.407 e. The summed E-state index contributed by atoms with van der Waals surface area (Å²) in [6.45, 7) is 0.184. The van der Waals surface area contributed by atoms with Crippen molar-refractivity contribution in [3.63, 3.8) is 0 Å². The predicted octanol–water partition coefficient (Wildman–Crippen LogP) is 5.97. The first-order valence-corrected chi connectivity index (χ1v) is 16.9. The zero-order valence-electron chi connectivity index (χ0n) is 27.4. The Bertz CT molecular complexity index is 1370. The van der Waals surface area contributed by atoms with Gasteiger partial charge in [-0.15, -0.1) is 0 Å². The standard InChI is InChI=1S/C30H40N2O5.C7H8N2O2/c33-28(27(20-23-13-5-2-6-14-23)32-30(35)37-26-17-9-10-18-26)21-24(19-22-11-3-1-4-12-22)31-29(34)36-25-15-7-8-16-25;8-7(10)11-5-6-2-1-3-9-4-6/h1-6,11-14,24-28,33H,7-10,15-21H2,(H,31,34)(H,32,35);1-4H,5H2,(H2,8,10)/t24-,27-,28-;/m0./s1. The summed E-state index contributed by atoms with van der Waals surface area (Å²) in [6, 6.07) is 22.3. The SMILES string of the molecule is NC(=O)OCc1cccnc1.O=C(N[C@@H](Cc1ccccc1)C[C@H](O)[C@H](Cc1ccccc1)NC(=O)OC1CCCC1)OC1CCCC1. The topological polar surface area (TPSA) is 162 Å². The minimum atomic E-state index is -0.906. The summed E-state index contributed by atoms with van der Waals surface area (Å²) < 4.78 is 15.8. The first-order chi connectivity index (χ1) is 23.3. The molecule has 5 rings (SSSR count). The quantitative estimate of drug-likeness (QED) is 0.163. The molecule has 5 N–H and O–H groups in total. The molecule has 2 saturated carbocycles. The highest BCUT2D eigenvalue weighted by Crippen LogP contribution is 2.23. The summed E-state index contributed by atoms with van der Waals surface area (Å²) in [4.78, 5) is 39.4. The number of pyridine rings is 1. The highest BCUT2D eigenvalue weighted by Gasteiger charge is 2.29. The fraction of sp³-hybridized carbons (Fsp3) is 0.459. The van der Waals surface area contributed by atoms with Crippen LogP contribution in [0.2, 0.25) is 0 Å². The van der Waals surface area contributed by atoms with Crippen LogP contribution >= 0.6 is 0 Å².